The minimum atomic E-state index is -4.02. The van der Waals surface area contributed by atoms with Crippen molar-refractivity contribution in [2.45, 2.75) is 30.7 Å². The molecule has 6 nitrogen and oxygen atoms in total. The lowest BCUT2D eigenvalue weighted by molar-refractivity contribution is -0.144. The summed E-state index contributed by atoms with van der Waals surface area (Å²) in [7, 11) is -4.02. The van der Waals surface area contributed by atoms with Crippen molar-refractivity contribution in [2.24, 2.45) is 5.73 Å². The fourth-order valence-corrected chi connectivity index (χ4v) is 2.52. The van der Waals surface area contributed by atoms with Gasteiger partial charge in [-0.25, -0.2) is 0 Å². The predicted octanol–water partition coefficient (Wildman–Crippen LogP) is 2.92. The second-order valence-electron chi connectivity index (χ2n) is 5.84. The van der Waals surface area contributed by atoms with Gasteiger partial charge in [-0.3, -0.25) is 9.35 Å². The molecule has 0 saturated carbocycles. The first kappa shape index (κ1) is 22.6. The Hall–Kier alpha value is -2.48. The van der Waals surface area contributed by atoms with Crippen LogP contribution in [0.1, 0.15) is 17.5 Å². The zero-order valence-corrected chi connectivity index (χ0v) is 16.1. The van der Waals surface area contributed by atoms with Crippen molar-refractivity contribution in [1.29, 1.82) is 0 Å². The summed E-state index contributed by atoms with van der Waals surface area (Å²) in [5.41, 5.74) is 7.83. The number of hydrogen-bond acceptors (Lipinski definition) is 5. The standard InChI is InChI=1S/C13H17NO2.C7H8O3S/c1-2-10-16-13(15)12(14)9-8-11-6-4-3-5-7-11;1-6-2-4-7(5-3-6)11(8,9)10/h2-7,12H,1,8-10,14H2;2-5H,1H3,(H,8,9,10). The topological polar surface area (TPSA) is 107 Å². The number of carbonyl (C=O) groups is 1. The van der Waals surface area contributed by atoms with Gasteiger partial charge in [0.2, 0.25) is 0 Å². The van der Waals surface area contributed by atoms with Crippen LogP contribution in [0.4, 0.5) is 0 Å². The van der Waals surface area contributed by atoms with E-state index in [1.165, 1.54) is 23.8 Å². The highest BCUT2D eigenvalue weighted by Crippen LogP contribution is 2.08. The van der Waals surface area contributed by atoms with Gasteiger partial charge < -0.3 is 10.5 Å². The molecule has 146 valence electrons. The number of aryl methyl sites for hydroxylation is 2. The third-order valence-corrected chi connectivity index (χ3v) is 4.42. The first-order chi connectivity index (χ1) is 12.7. The Morgan fingerprint density at radius 1 is 1.19 bits per heavy atom. The molecular formula is C20H25NO5S. The molecule has 0 aliphatic heterocycles. The molecule has 0 saturated heterocycles. The fraction of sp³-hybridized carbons (Fsp3) is 0.250. The summed E-state index contributed by atoms with van der Waals surface area (Å²) in [5.74, 6) is -0.365. The molecule has 0 spiro atoms. The first-order valence-electron chi connectivity index (χ1n) is 8.35. The van der Waals surface area contributed by atoms with Crippen molar-refractivity contribution < 1.29 is 22.5 Å². The highest BCUT2D eigenvalue weighted by atomic mass is 32.2. The largest absolute Gasteiger partial charge is 0.460 e. The molecule has 0 radical (unpaired) electrons. The van der Waals surface area contributed by atoms with Crippen LogP contribution in [0.15, 0.2) is 72.1 Å². The van der Waals surface area contributed by atoms with E-state index < -0.39 is 16.2 Å². The maximum atomic E-state index is 11.3. The van der Waals surface area contributed by atoms with Gasteiger partial charge in [0, 0.05) is 0 Å². The van der Waals surface area contributed by atoms with E-state index in [1.54, 1.807) is 12.1 Å². The van der Waals surface area contributed by atoms with Gasteiger partial charge in [-0.1, -0.05) is 60.7 Å². The smallest absolute Gasteiger partial charge is 0.323 e. The molecule has 0 amide bonds. The zero-order valence-electron chi connectivity index (χ0n) is 15.2. The van der Waals surface area contributed by atoms with Crippen LogP contribution in [0, 0.1) is 6.92 Å². The highest BCUT2D eigenvalue weighted by molar-refractivity contribution is 7.85. The van der Waals surface area contributed by atoms with Crippen LogP contribution in [0.5, 0.6) is 0 Å². The average Bonchev–Trinajstić information content (AvgIpc) is 2.65. The van der Waals surface area contributed by atoms with Crippen molar-refractivity contribution in [2.75, 3.05) is 6.61 Å². The van der Waals surface area contributed by atoms with Crippen LogP contribution in [0.25, 0.3) is 0 Å². The molecule has 0 fully saturated rings. The molecule has 0 heterocycles. The Morgan fingerprint density at radius 3 is 2.30 bits per heavy atom. The maximum absolute atomic E-state index is 11.3. The lowest BCUT2D eigenvalue weighted by atomic mass is 10.1. The monoisotopic (exact) mass is 391 g/mol. The summed E-state index contributed by atoms with van der Waals surface area (Å²) < 4.78 is 34.4. The van der Waals surface area contributed by atoms with Crippen molar-refractivity contribution in [3.63, 3.8) is 0 Å². The third-order valence-electron chi connectivity index (χ3n) is 3.55. The van der Waals surface area contributed by atoms with Crippen molar-refractivity contribution in [3.05, 3.63) is 78.4 Å². The number of esters is 1. The van der Waals surface area contributed by atoms with Gasteiger partial charge in [0.05, 0.1) is 4.90 Å². The van der Waals surface area contributed by atoms with Gasteiger partial charge >= 0.3 is 5.97 Å². The summed E-state index contributed by atoms with van der Waals surface area (Å²) in [6.07, 6.45) is 2.91. The molecule has 7 heteroatoms. The third kappa shape index (κ3) is 9.14. The van der Waals surface area contributed by atoms with E-state index in [0.29, 0.717) is 6.42 Å². The number of rotatable bonds is 7. The summed E-state index contributed by atoms with van der Waals surface area (Å²) in [4.78, 5) is 11.3. The summed E-state index contributed by atoms with van der Waals surface area (Å²) >= 11 is 0. The van der Waals surface area contributed by atoms with Gasteiger partial charge in [-0.2, -0.15) is 8.42 Å². The van der Waals surface area contributed by atoms with Crippen molar-refractivity contribution in [3.8, 4) is 0 Å². The van der Waals surface area contributed by atoms with Gasteiger partial charge in [-0.05, 0) is 37.5 Å². The fourth-order valence-electron chi connectivity index (χ4n) is 2.04. The van der Waals surface area contributed by atoms with E-state index in [9.17, 15) is 13.2 Å². The second kappa shape index (κ2) is 11.3. The van der Waals surface area contributed by atoms with Crippen LogP contribution < -0.4 is 5.73 Å². The van der Waals surface area contributed by atoms with E-state index in [4.69, 9.17) is 15.0 Å². The molecule has 27 heavy (non-hydrogen) atoms. The molecule has 0 aliphatic rings. The molecular weight excluding hydrogens is 366 g/mol. The van der Waals surface area contributed by atoms with Gasteiger partial charge in [0.1, 0.15) is 12.6 Å². The van der Waals surface area contributed by atoms with Gasteiger partial charge in [0.25, 0.3) is 10.1 Å². The lowest BCUT2D eigenvalue weighted by Gasteiger charge is -2.10. The summed E-state index contributed by atoms with van der Waals surface area (Å²) in [6.45, 7) is 5.53. The predicted molar refractivity (Wildman–Crippen MR) is 105 cm³/mol. The Bertz CT molecular complexity index is 817. The molecule has 2 aromatic rings. The minimum Gasteiger partial charge on any atom is -0.460 e. The van der Waals surface area contributed by atoms with E-state index in [1.807, 2.05) is 37.3 Å². The molecule has 2 aromatic carbocycles. The van der Waals surface area contributed by atoms with Crippen molar-refractivity contribution in [1.82, 2.24) is 0 Å². The quantitative estimate of drug-likeness (QED) is 0.427. The van der Waals surface area contributed by atoms with Gasteiger partial charge in [-0.15, -0.1) is 0 Å². The Morgan fingerprint density at radius 2 is 1.78 bits per heavy atom. The number of benzene rings is 2. The maximum Gasteiger partial charge on any atom is 0.323 e. The molecule has 0 aromatic heterocycles. The SMILES string of the molecule is C=CCOC(=O)C(N)CCc1ccccc1.Cc1ccc(S(=O)(=O)O)cc1. The molecule has 1 atom stereocenters. The Labute approximate surface area is 160 Å². The van der Waals surface area contributed by atoms with Crippen LogP contribution in [0.3, 0.4) is 0 Å². The number of nitrogens with two attached hydrogens (primary N) is 1. The zero-order chi connectivity index (χ0) is 20.3. The molecule has 0 aliphatic carbocycles. The van der Waals surface area contributed by atoms with Crippen molar-refractivity contribution >= 4 is 16.1 Å². The number of ether oxygens (including phenoxy) is 1. The molecule has 2 rings (SSSR count). The van der Waals surface area contributed by atoms with E-state index in [-0.39, 0.29) is 17.5 Å². The van der Waals surface area contributed by atoms with Crippen LogP contribution in [0.2, 0.25) is 0 Å². The highest BCUT2D eigenvalue weighted by Gasteiger charge is 2.14. The molecule has 0 bridgehead atoms. The second-order valence-corrected chi connectivity index (χ2v) is 7.26. The van der Waals surface area contributed by atoms with Crippen LogP contribution in [-0.4, -0.2) is 31.6 Å². The summed E-state index contributed by atoms with van der Waals surface area (Å²) in [6, 6.07) is 15.4. The molecule has 3 N–H and O–H groups in total. The average molecular weight is 391 g/mol. The van der Waals surface area contributed by atoms with E-state index in [0.717, 1.165) is 12.0 Å². The van der Waals surface area contributed by atoms with E-state index in [2.05, 4.69) is 6.58 Å². The first-order valence-corrected chi connectivity index (χ1v) is 9.79. The Kier molecular flexibility index (Phi) is 9.42. The number of hydrogen-bond donors (Lipinski definition) is 2. The van der Waals surface area contributed by atoms with Crippen LogP contribution >= 0.6 is 0 Å². The van der Waals surface area contributed by atoms with Gasteiger partial charge in [0.15, 0.2) is 0 Å². The van der Waals surface area contributed by atoms with E-state index >= 15 is 0 Å². The minimum absolute atomic E-state index is 0.0666. The molecule has 1 unspecified atom stereocenters. The summed E-state index contributed by atoms with van der Waals surface area (Å²) in [5, 5.41) is 0. The van der Waals surface area contributed by atoms with Crippen LogP contribution in [-0.2, 0) is 26.1 Å². The number of carbonyl (C=O) groups excluding carboxylic acids is 1. The lowest BCUT2D eigenvalue weighted by Crippen LogP contribution is -2.32. The normalized spacial score (nSPS) is 11.7. The Balaban J connectivity index is 0.000000289.